The highest BCUT2D eigenvalue weighted by Gasteiger charge is 2.31. The lowest BCUT2D eigenvalue weighted by Crippen LogP contribution is -2.30. The molecule has 2 aromatic rings. The van der Waals surface area contributed by atoms with E-state index in [9.17, 15) is 30.4 Å². The van der Waals surface area contributed by atoms with Crippen LogP contribution in [0.25, 0.3) is 0 Å². The minimum Gasteiger partial charge on any atom is -0.291 e. The zero-order valence-corrected chi connectivity index (χ0v) is 12.9. The fourth-order valence-corrected chi connectivity index (χ4v) is 2.57. The number of nitrogens with zero attached hydrogens (tertiary/aromatic N) is 1. The van der Waals surface area contributed by atoms with Crippen LogP contribution >= 0.6 is 11.6 Å². The van der Waals surface area contributed by atoms with E-state index in [1.54, 1.807) is 4.83 Å². The summed E-state index contributed by atoms with van der Waals surface area (Å²) >= 11 is 5.59. The van der Waals surface area contributed by atoms with Gasteiger partial charge in [0.1, 0.15) is 0 Å². The summed E-state index contributed by atoms with van der Waals surface area (Å²) < 4.78 is 87.1. The Morgan fingerprint density at radius 3 is 2.29 bits per heavy atom. The second-order valence-corrected chi connectivity index (χ2v) is 6.45. The number of anilines is 1. The number of rotatable bonds is 4. The van der Waals surface area contributed by atoms with Gasteiger partial charge in [-0.05, 0) is 24.3 Å². The minimum atomic E-state index is -4.67. The Labute approximate surface area is 137 Å². The molecule has 0 saturated heterocycles. The molecule has 2 N–H and O–H groups in total. The molecule has 0 spiro atoms. The largest absolute Gasteiger partial charge is 0.417 e. The molecule has 5 nitrogen and oxygen atoms in total. The third kappa shape index (κ3) is 4.10. The summed E-state index contributed by atoms with van der Waals surface area (Å²) in [7, 11) is -4.34. The standard InChI is InChI=1S/C12H7ClF5N3O2S/c13-8-3-6(12(16,17)18)5-19-11(8)20-21-24(22,23)7-1-2-9(14)10(15)4-7/h1-5,21H,(H,19,20). The molecule has 1 heterocycles. The van der Waals surface area contributed by atoms with Crippen molar-refractivity contribution in [2.24, 2.45) is 0 Å². The first-order chi connectivity index (χ1) is 11.0. The Balaban J connectivity index is 2.19. The van der Waals surface area contributed by atoms with Gasteiger partial charge in [0.15, 0.2) is 17.5 Å². The highest BCUT2D eigenvalue weighted by Crippen LogP contribution is 2.32. The Bertz CT molecular complexity index is 873. The number of sulfonamides is 1. The van der Waals surface area contributed by atoms with Crippen LogP contribution in [-0.2, 0) is 16.2 Å². The summed E-state index contributed by atoms with van der Waals surface area (Å²) in [6.07, 6.45) is -4.22. The van der Waals surface area contributed by atoms with Crippen LogP contribution in [0.4, 0.5) is 27.8 Å². The highest BCUT2D eigenvalue weighted by atomic mass is 35.5. The molecule has 0 aliphatic rings. The normalized spacial score (nSPS) is 12.2. The van der Waals surface area contributed by atoms with Crippen molar-refractivity contribution < 1.29 is 30.4 Å². The fourth-order valence-electron chi connectivity index (χ4n) is 1.50. The molecule has 0 saturated carbocycles. The molecule has 0 atom stereocenters. The minimum absolute atomic E-state index is 0.407. The predicted molar refractivity (Wildman–Crippen MR) is 74.6 cm³/mol. The van der Waals surface area contributed by atoms with Crippen molar-refractivity contribution >= 4 is 27.4 Å². The highest BCUT2D eigenvalue weighted by molar-refractivity contribution is 7.89. The van der Waals surface area contributed by atoms with Crippen LogP contribution in [0.2, 0.25) is 5.02 Å². The summed E-state index contributed by atoms with van der Waals surface area (Å²) in [5.74, 6) is -3.03. The van der Waals surface area contributed by atoms with E-state index in [2.05, 4.69) is 4.98 Å². The predicted octanol–water partition coefficient (Wildman–Crippen LogP) is 3.34. The second kappa shape index (κ2) is 6.49. The molecule has 24 heavy (non-hydrogen) atoms. The first kappa shape index (κ1) is 18.4. The molecule has 1 aromatic carbocycles. The maximum atomic E-state index is 13.1. The number of aromatic nitrogens is 1. The molecule has 1 aromatic heterocycles. The van der Waals surface area contributed by atoms with E-state index < -0.39 is 49.1 Å². The van der Waals surface area contributed by atoms with Gasteiger partial charge in [-0.2, -0.15) is 13.2 Å². The molecule has 130 valence electrons. The Morgan fingerprint density at radius 2 is 1.75 bits per heavy atom. The van der Waals surface area contributed by atoms with Gasteiger partial charge in [-0.1, -0.05) is 11.6 Å². The van der Waals surface area contributed by atoms with Gasteiger partial charge in [-0.15, -0.1) is 4.83 Å². The van der Waals surface area contributed by atoms with E-state index in [1.807, 2.05) is 5.43 Å². The molecule has 2 rings (SSSR count). The quantitative estimate of drug-likeness (QED) is 0.623. The van der Waals surface area contributed by atoms with Crippen LogP contribution in [0.5, 0.6) is 0 Å². The van der Waals surface area contributed by atoms with Crippen LogP contribution in [0.15, 0.2) is 35.4 Å². The van der Waals surface area contributed by atoms with E-state index in [-0.39, 0.29) is 0 Å². The van der Waals surface area contributed by atoms with Crippen LogP contribution in [0.3, 0.4) is 0 Å². The number of hydrogen-bond donors (Lipinski definition) is 2. The summed E-state index contributed by atoms with van der Waals surface area (Å²) in [4.78, 5) is 4.48. The van der Waals surface area contributed by atoms with Gasteiger partial charge in [0.05, 0.1) is 15.5 Å². The molecular weight excluding hydrogens is 381 g/mol. The number of hydrogen-bond acceptors (Lipinski definition) is 4. The molecule has 0 fully saturated rings. The summed E-state index contributed by atoms with van der Waals surface area (Å²) in [6.45, 7) is 0. The van der Waals surface area contributed by atoms with Gasteiger partial charge >= 0.3 is 6.18 Å². The number of benzene rings is 1. The van der Waals surface area contributed by atoms with Crippen molar-refractivity contribution in [1.29, 1.82) is 0 Å². The van der Waals surface area contributed by atoms with Crippen LogP contribution in [0.1, 0.15) is 5.56 Å². The molecule has 0 aliphatic heterocycles. The number of alkyl halides is 3. The number of pyridine rings is 1. The Morgan fingerprint density at radius 1 is 1.08 bits per heavy atom. The van der Waals surface area contributed by atoms with Gasteiger partial charge in [-0.25, -0.2) is 22.2 Å². The van der Waals surface area contributed by atoms with Crippen LogP contribution in [0, 0.1) is 11.6 Å². The van der Waals surface area contributed by atoms with Gasteiger partial charge in [-0.3, -0.25) is 5.43 Å². The third-order valence-corrected chi connectivity index (χ3v) is 4.21. The zero-order chi connectivity index (χ0) is 18.1. The van der Waals surface area contributed by atoms with Crippen molar-refractivity contribution in [2.45, 2.75) is 11.1 Å². The lowest BCUT2D eigenvalue weighted by molar-refractivity contribution is -0.137. The maximum Gasteiger partial charge on any atom is 0.417 e. The summed E-state index contributed by atoms with van der Waals surface area (Å²) in [5, 5.41) is -0.502. The first-order valence-corrected chi connectivity index (χ1v) is 7.82. The molecule has 0 radical (unpaired) electrons. The fraction of sp³-hybridized carbons (Fsp3) is 0.0833. The number of hydrazine groups is 1. The molecular formula is C12H7ClF5N3O2S. The van der Waals surface area contributed by atoms with E-state index >= 15 is 0 Å². The topological polar surface area (TPSA) is 71.1 Å². The average Bonchev–Trinajstić information content (AvgIpc) is 2.47. The Hall–Kier alpha value is -1.98. The SMILES string of the molecule is O=S(=O)(NNc1ncc(C(F)(F)F)cc1Cl)c1ccc(F)c(F)c1. The van der Waals surface area contributed by atoms with Gasteiger partial charge < -0.3 is 0 Å². The van der Waals surface area contributed by atoms with Crippen LogP contribution < -0.4 is 10.3 Å². The Kier molecular flexibility index (Phi) is 4.97. The van der Waals surface area contributed by atoms with Crippen molar-refractivity contribution in [3.05, 3.63) is 52.7 Å². The molecule has 0 aliphatic carbocycles. The van der Waals surface area contributed by atoms with E-state index in [0.29, 0.717) is 24.4 Å². The first-order valence-electron chi connectivity index (χ1n) is 5.96. The second-order valence-electron chi connectivity index (χ2n) is 4.36. The van der Waals surface area contributed by atoms with Crippen molar-refractivity contribution in [2.75, 3.05) is 5.43 Å². The molecule has 0 bridgehead atoms. The van der Waals surface area contributed by atoms with Crippen LogP contribution in [-0.4, -0.2) is 13.4 Å². The van der Waals surface area contributed by atoms with Gasteiger partial charge in [0, 0.05) is 6.20 Å². The molecule has 0 unspecified atom stereocenters. The lowest BCUT2D eigenvalue weighted by atomic mass is 10.3. The zero-order valence-electron chi connectivity index (χ0n) is 11.3. The van der Waals surface area contributed by atoms with Gasteiger partial charge in [0.2, 0.25) is 0 Å². The monoisotopic (exact) mass is 387 g/mol. The van der Waals surface area contributed by atoms with Crippen molar-refractivity contribution in [3.8, 4) is 0 Å². The third-order valence-electron chi connectivity index (χ3n) is 2.67. The summed E-state index contributed by atoms with van der Waals surface area (Å²) in [6, 6.07) is 2.38. The van der Waals surface area contributed by atoms with E-state index in [4.69, 9.17) is 11.6 Å². The molecule has 12 heteroatoms. The van der Waals surface area contributed by atoms with E-state index in [0.717, 1.165) is 6.07 Å². The van der Waals surface area contributed by atoms with Gasteiger partial charge in [0.25, 0.3) is 10.0 Å². The van der Waals surface area contributed by atoms with E-state index in [1.165, 1.54) is 0 Å². The van der Waals surface area contributed by atoms with Crippen molar-refractivity contribution in [3.63, 3.8) is 0 Å². The maximum absolute atomic E-state index is 13.1. The summed E-state index contributed by atoms with van der Waals surface area (Å²) in [5.41, 5.74) is 0.876. The number of halogens is 6. The molecule has 0 amide bonds. The lowest BCUT2D eigenvalue weighted by Gasteiger charge is -2.12. The smallest absolute Gasteiger partial charge is 0.291 e. The number of nitrogens with one attached hydrogen (secondary N) is 2. The average molecular weight is 388 g/mol. The van der Waals surface area contributed by atoms with Crippen molar-refractivity contribution in [1.82, 2.24) is 9.82 Å².